The number of hydrogen-bond acceptors (Lipinski definition) is 4. The van der Waals surface area contributed by atoms with Crippen molar-refractivity contribution >= 4 is 5.69 Å². The summed E-state index contributed by atoms with van der Waals surface area (Å²) in [5, 5.41) is 8.52. The van der Waals surface area contributed by atoms with Gasteiger partial charge < -0.3 is 10.5 Å². The molecule has 2 rings (SSSR count). The van der Waals surface area contributed by atoms with Crippen LogP contribution in [0.3, 0.4) is 0 Å². The molecular formula is C16H24N4O. The van der Waals surface area contributed by atoms with E-state index in [9.17, 15) is 0 Å². The van der Waals surface area contributed by atoms with Crippen LogP contribution < -0.4 is 5.73 Å². The summed E-state index contributed by atoms with van der Waals surface area (Å²) in [6.07, 6.45) is 3.11. The Morgan fingerprint density at radius 3 is 2.52 bits per heavy atom. The molecule has 0 aliphatic heterocycles. The normalized spacial score (nSPS) is 12.0. The van der Waals surface area contributed by atoms with E-state index in [-0.39, 0.29) is 11.6 Å². The van der Waals surface area contributed by atoms with Gasteiger partial charge in [0.1, 0.15) is 5.69 Å². The van der Waals surface area contributed by atoms with E-state index in [0.29, 0.717) is 6.61 Å². The van der Waals surface area contributed by atoms with Gasteiger partial charge in [-0.2, -0.15) is 0 Å². The lowest BCUT2D eigenvalue weighted by atomic mass is 10.0. The maximum Gasteiger partial charge on any atom is 0.113 e. The molecule has 2 N–H and O–H groups in total. The maximum absolute atomic E-state index is 5.70. The van der Waals surface area contributed by atoms with Crippen LogP contribution in [-0.4, -0.2) is 27.7 Å². The van der Waals surface area contributed by atoms with Gasteiger partial charge in [0.2, 0.25) is 0 Å². The summed E-state index contributed by atoms with van der Waals surface area (Å²) in [5.41, 5.74) is 8.19. The second kappa shape index (κ2) is 6.26. The molecule has 0 bridgehead atoms. The van der Waals surface area contributed by atoms with Crippen LogP contribution in [0.4, 0.5) is 5.69 Å². The van der Waals surface area contributed by atoms with Gasteiger partial charge in [-0.15, -0.1) is 5.10 Å². The second-order valence-corrected chi connectivity index (χ2v) is 6.15. The number of nitrogen functional groups attached to an aromatic ring is 1. The summed E-state index contributed by atoms with van der Waals surface area (Å²) in [6, 6.07) is 7.66. The molecule has 0 atom stereocenters. The van der Waals surface area contributed by atoms with E-state index in [0.717, 1.165) is 23.4 Å². The first kappa shape index (κ1) is 15.5. The molecule has 0 saturated heterocycles. The fraction of sp³-hybridized carbons (Fsp3) is 0.500. The van der Waals surface area contributed by atoms with Crippen LogP contribution in [0.1, 0.15) is 34.1 Å². The molecule has 5 heteroatoms. The molecule has 0 amide bonds. The number of rotatable bonds is 6. The third-order valence-electron chi connectivity index (χ3n) is 3.49. The summed E-state index contributed by atoms with van der Waals surface area (Å²) < 4.78 is 7.53. The van der Waals surface area contributed by atoms with Crippen molar-refractivity contribution < 1.29 is 4.74 Å². The molecule has 1 aromatic carbocycles. The van der Waals surface area contributed by atoms with E-state index in [4.69, 9.17) is 10.5 Å². The molecule has 0 fully saturated rings. The highest BCUT2D eigenvalue weighted by molar-refractivity contribution is 5.60. The maximum atomic E-state index is 5.70. The van der Waals surface area contributed by atoms with Crippen molar-refractivity contribution in [2.24, 2.45) is 0 Å². The molecule has 0 aliphatic carbocycles. The van der Waals surface area contributed by atoms with Crippen LogP contribution in [0.5, 0.6) is 0 Å². The number of hydrogen-bond donors (Lipinski definition) is 1. The summed E-state index contributed by atoms with van der Waals surface area (Å²) in [7, 11) is 0. The van der Waals surface area contributed by atoms with E-state index in [1.807, 2.05) is 49.0 Å². The number of aromatic nitrogens is 3. The first-order valence-electron chi connectivity index (χ1n) is 7.29. The number of nitrogens with two attached hydrogens (primary N) is 1. The molecule has 0 saturated carbocycles. The van der Waals surface area contributed by atoms with Crippen LogP contribution >= 0.6 is 0 Å². The Labute approximate surface area is 126 Å². The molecule has 1 heterocycles. The molecule has 0 spiro atoms. The molecule has 0 unspecified atom stereocenters. The molecule has 2 aromatic rings. The SMILES string of the molecule is CC(C)OCCC(C)(C)n1cc(-c2ccc(N)cc2)nn1. The van der Waals surface area contributed by atoms with E-state index in [2.05, 4.69) is 24.2 Å². The third kappa shape index (κ3) is 4.04. The zero-order chi connectivity index (χ0) is 15.5. The fourth-order valence-corrected chi connectivity index (χ4v) is 2.00. The van der Waals surface area contributed by atoms with Crippen LogP contribution in [0.2, 0.25) is 0 Å². The van der Waals surface area contributed by atoms with Crippen LogP contribution in [0.25, 0.3) is 11.3 Å². The summed E-state index contributed by atoms with van der Waals surface area (Å²) in [6.45, 7) is 9.07. The van der Waals surface area contributed by atoms with Gasteiger partial charge in [0.15, 0.2) is 0 Å². The zero-order valence-corrected chi connectivity index (χ0v) is 13.2. The fourth-order valence-electron chi connectivity index (χ4n) is 2.00. The number of ether oxygens (including phenoxy) is 1. The average Bonchev–Trinajstić information content (AvgIpc) is 2.89. The molecule has 0 radical (unpaired) electrons. The van der Waals surface area contributed by atoms with Crippen LogP contribution in [0.15, 0.2) is 30.5 Å². The van der Waals surface area contributed by atoms with Gasteiger partial charge in [0.05, 0.1) is 17.8 Å². The number of nitrogens with zero attached hydrogens (tertiary/aromatic N) is 3. The first-order valence-corrected chi connectivity index (χ1v) is 7.29. The predicted octanol–water partition coefficient (Wildman–Crippen LogP) is 3.08. The van der Waals surface area contributed by atoms with Crippen molar-refractivity contribution in [2.75, 3.05) is 12.3 Å². The van der Waals surface area contributed by atoms with E-state index < -0.39 is 0 Å². The monoisotopic (exact) mass is 288 g/mol. The van der Waals surface area contributed by atoms with Crippen molar-refractivity contribution in [1.82, 2.24) is 15.0 Å². The zero-order valence-electron chi connectivity index (χ0n) is 13.2. The Hall–Kier alpha value is -1.88. The van der Waals surface area contributed by atoms with Crippen LogP contribution in [0, 0.1) is 0 Å². The van der Waals surface area contributed by atoms with Crippen molar-refractivity contribution in [3.63, 3.8) is 0 Å². The van der Waals surface area contributed by atoms with Gasteiger partial charge in [-0.25, -0.2) is 4.68 Å². The Morgan fingerprint density at radius 2 is 1.90 bits per heavy atom. The van der Waals surface area contributed by atoms with Gasteiger partial charge in [-0.05, 0) is 46.2 Å². The highest BCUT2D eigenvalue weighted by atomic mass is 16.5. The minimum Gasteiger partial charge on any atom is -0.399 e. The highest BCUT2D eigenvalue weighted by Gasteiger charge is 2.22. The van der Waals surface area contributed by atoms with E-state index >= 15 is 0 Å². The molecule has 114 valence electrons. The highest BCUT2D eigenvalue weighted by Crippen LogP contribution is 2.23. The minimum absolute atomic E-state index is 0.131. The Bertz CT molecular complexity index is 572. The largest absolute Gasteiger partial charge is 0.399 e. The van der Waals surface area contributed by atoms with E-state index in [1.54, 1.807) is 0 Å². The quantitative estimate of drug-likeness (QED) is 0.830. The van der Waals surface area contributed by atoms with Crippen molar-refractivity contribution in [2.45, 2.75) is 45.8 Å². The smallest absolute Gasteiger partial charge is 0.113 e. The van der Waals surface area contributed by atoms with Gasteiger partial charge in [0, 0.05) is 17.9 Å². The summed E-state index contributed by atoms with van der Waals surface area (Å²) in [5.74, 6) is 0. The molecule has 5 nitrogen and oxygen atoms in total. The topological polar surface area (TPSA) is 66.0 Å². The lowest BCUT2D eigenvalue weighted by Gasteiger charge is -2.24. The number of benzene rings is 1. The molecule has 0 aliphatic rings. The lowest BCUT2D eigenvalue weighted by molar-refractivity contribution is 0.0568. The molecule has 21 heavy (non-hydrogen) atoms. The summed E-state index contributed by atoms with van der Waals surface area (Å²) >= 11 is 0. The third-order valence-corrected chi connectivity index (χ3v) is 3.49. The minimum atomic E-state index is -0.131. The Balaban J connectivity index is 2.09. The van der Waals surface area contributed by atoms with Crippen molar-refractivity contribution in [3.05, 3.63) is 30.5 Å². The van der Waals surface area contributed by atoms with Gasteiger partial charge in [-0.1, -0.05) is 17.3 Å². The Kier molecular flexibility index (Phi) is 4.63. The summed E-state index contributed by atoms with van der Waals surface area (Å²) in [4.78, 5) is 0. The standard InChI is InChI=1S/C16H24N4O/c1-12(2)21-10-9-16(3,4)20-11-15(18-19-20)13-5-7-14(17)8-6-13/h5-8,11-12H,9-10,17H2,1-4H3. The lowest BCUT2D eigenvalue weighted by Crippen LogP contribution is -2.29. The van der Waals surface area contributed by atoms with Crippen molar-refractivity contribution in [3.8, 4) is 11.3 Å². The van der Waals surface area contributed by atoms with Crippen molar-refractivity contribution in [1.29, 1.82) is 0 Å². The molecular weight excluding hydrogens is 264 g/mol. The average molecular weight is 288 g/mol. The predicted molar refractivity (Wildman–Crippen MR) is 84.9 cm³/mol. The second-order valence-electron chi connectivity index (χ2n) is 6.15. The first-order chi connectivity index (χ1) is 9.88. The van der Waals surface area contributed by atoms with Gasteiger partial charge >= 0.3 is 0 Å². The van der Waals surface area contributed by atoms with Gasteiger partial charge in [-0.3, -0.25) is 0 Å². The number of anilines is 1. The van der Waals surface area contributed by atoms with Crippen LogP contribution in [-0.2, 0) is 10.3 Å². The molecule has 1 aromatic heterocycles. The van der Waals surface area contributed by atoms with E-state index in [1.165, 1.54) is 0 Å². The van der Waals surface area contributed by atoms with Gasteiger partial charge in [0.25, 0.3) is 0 Å². The Morgan fingerprint density at radius 1 is 1.24 bits per heavy atom.